The monoisotopic (exact) mass is 509 g/mol. The number of halogens is 2. The molecule has 0 radical (unpaired) electrons. The van der Waals surface area contributed by atoms with Crippen LogP contribution in [0.3, 0.4) is 0 Å². The summed E-state index contributed by atoms with van der Waals surface area (Å²) in [6.45, 7) is 1.77. The molecule has 0 bridgehead atoms. The number of hydrogen-bond donors (Lipinski definition) is 4. The van der Waals surface area contributed by atoms with E-state index < -0.39 is 10.0 Å². The molecule has 0 amide bonds. The Morgan fingerprint density at radius 1 is 1.19 bits per heavy atom. The Balaban J connectivity index is 1.73. The molecule has 31 heavy (non-hydrogen) atoms. The molecule has 2 aromatic carbocycles. The zero-order valence-corrected chi connectivity index (χ0v) is 18.9. The van der Waals surface area contributed by atoms with Crippen molar-refractivity contribution in [2.24, 2.45) is 0 Å². The molecule has 1 atom stereocenters. The second-order valence-corrected chi connectivity index (χ2v) is 9.34. The van der Waals surface area contributed by atoms with Crippen molar-refractivity contribution in [2.75, 3.05) is 17.2 Å². The Labute approximate surface area is 188 Å². The van der Waals surface area contributed by atoms with Gasteiger partial charge < -0.3 is 15.7 Å². The van der Waals surface area contributed by atoms with Crippen LogP contribution in [0.25, 0.3) is 0 Å². The first kappa shape index (κ1) is 23.1. The Morgan fingerprint density at radius 3 is 2.65 bits per heavy atom. The number of aliphatic hydroxyl groups excluding tert-OH is 1. The number of benzene rings is 2. The van der Waals surface area contributed by atoms with Crippen molar-refractivity contribution in [3.63, 3.8) is 0 Å². The summed E-state index contributed by atoms with van der Waals surface area (Å²) >= 11 is 3.35. The molecule has 0 aliphatic carbocycles. The first-order chi connectivity index (χ1) is 14.8. The van der Waals surface area contributed by atoms with Crippen LogP contribution in [-0.4, -0.2) is 36.1 Å². The van der Waals surface area contributed by atoms with E-state index >= 15 is 0 Å². The maximum atomic E-state index is 13.0. The molecule has 3 rings (SSSR count). The summed E-state index contributed by atoms with van der Waals surface area (Å²) in [6.07, 6.45) is 1.55. The highest BCUT2D eigenvalue weighted by atomic mass is 79.9. The second-order valence-electron chi connectivity index (χ2n) is 6.72. The minimum absolute atomic E-state index is 0.0359. The van der Waals surface area contributed by atoms with E-state index in [0.717, 1.165) is 0 Å². The van der Waals surface area contributed by atoms with Crippen molar-refractivity contribution < 1.29 is 17.9 Å². The van der Waals surface area contributed by atoms with E-state index in [-0.39, 0.29) is 35.9 Å². The lowest BCUT2D eigenvalue weighted by Crippen LogP contribution is -2.23. The lowest BCUT2D eigenvalue weighted by molar-refractivity contribution is 0.281. The van der Waals surface area contributed by atoms with E-state index in [4.69, 9.17) is 0 Å². The van der Waals surface area contributed by atoms with E-state index in [1.807, 2.05) is 0 Å². The molecular formula is C20H21BrFN5O3S. The number of nitrogens with zero attached hydrogens (tertiary/aromatic N) is 2. The van der Waals surface area contributed by atoms with Crippen LogP contribution in [0.5, 0.6) is 0 Å². The molecule has 0 saturated carbocycles. The Hall–Kier alpha value is -2.60. The molecule has 4 N–H and O–H groups in total. The van der Waals surface area contributed by atoms with Gasteiger partial charge in [0.1, 0.15) is 11.6 Å². The van der Waals surface area contributed by atoms with Crippen LogP contribution in [0, 0.1) is 5.82 Å². The maximum Gasteiger partial charge on any atom is 0.240 e. The summed E-state index contributed by atoms with van der Waals surface area (Å²) in [5, 5.41) is 15.2. The molecule has 0 spiro atoms. The number of hydrogen-bond acceptors (Lipinski definition) is 7. The molecule has 164 valence electrons. The smallest absolute Gasteiger partial charge is 0.240 e. The van der Waals surface area contributed by atoms with Gasteiger partial charge in [-0.05, 0) is 58.7 Å². The number of aromatic nitrogens is 2. The fraction of sp³-hybridized carbons (Fsp3) is 0.200. The highest BCUT2D eigenvalue weighted by Gasteiger charge is 2.15. The average molecular weight is 510 g/mol. The third kappa shape index (κ3) is 6.44. The van der Waals surface area contributed by atoms with Crippen molar-refractivity contribution in [2.45, 2.75) is 24.4 Å². The third-order valence-corrected chi connectivity index (χ3v) is 6.16. The summed E-state index contributed by atoms with van der Waals surface area (Å²) < 4.78 is 41.4. The third-order valence-electron chi connectivity index (χ3n) is 4.18. The maximum absolute atomic E-state index is 13.0. The predicted octanol–water partition coefficient (Wildman–Crippen LogP) is 3.39. The fourth-order valence-electron chi connectivity index (χ4n) is 2.54. The first-order valence-corrected chi connectivity index (χ1v) is 11.6. The van der Waals surface area contributed by atoms with E-state index in [2.05, 4.69) is 41.3 Å². The molecule has 1 aromatic heterocycles. The summed E-state index contributed by atoms with van der Waals surface area (Å²) in [6, 6.07) is 11.6. The van der Waals surface area contributed by atoms with E-state index in [0.29, 0.717) is 21.5 Å². The van der Waals surface area contributed by atoms with E-state index in [1.165, 1.54) is 36.4 Å². The van der Waals surface area contributed by atoms with Gasteiger partial charge in [-0.3, -0.25) is 0 Å². The van der Waals surface area contributed by atoms with Crippen molar-refractivity contribution in [1.29, 1.82) is 0 Å². The van der Waals surface area contributed by atoms with Gasteiger partial charge in [-0.15, -0.1) is 0 Å². The normalized spacial score (nSPS) is 12.4. The topological polar surface area (TPSA) is 116 Å². The van der Waals surface area contributed by atoms with Gasteiger partial charge in [0.05, 0.1) is 16.0 Å². The fourth-order valence-corrected chi connectivity index (χ4v) is 3.91. The van der Waals surface area contributed by atoms with Gasteiger partial charge in [0.15, 0.2) is 0 Å². The second kappa shape index (κ2) is 10.1. The molecule has 8 nitrogen and oxygen atoms in total. The van der Waals surface area contributed by atoms with Gasteiger partial charge in [-0.1, -0.05) is 18.2 Å². The minimum Gasteiger partial charge on any atom is -0.394 e. The van der Waals surface area contributed by atoms with Crippen LogP contribution >= 0.6 is 15.9 Å². The van der Waals surface area contributed by atoms with Crippen molar-refractivity contribution in [3.05, 3.63) is 70.6 Å². The van der Waals surface area contributed by atoms with Crippen molar-refractivity contribution in [1.82, 2.24) is 14.7 Å². The lowest BCUT2D eigenvalue weighted by atomic mass is 10.2. The van der Waals surface area contributed by atoms with Gasteiger partial charge >= 0.3 is 0 Å². The minimum atomic E-state index is -3.79. The zero-order chi connectivity index (χ0) is 22.4. The zero-order valence-electron chi connectivity index (χ0n) is 16.5. The molecular weight excluding hydrogens is 489 g/mol. The largest absolute Gasteiger partial charge is 0.394 e. The summed E-state index contributed by atoms with van der Waals surface area (Å²) in [7, 11) is -3.79. The number of nitrogens with one attached hydrogen (secondary N) is 3. The molecule has 0 saturated heterocycles. The molecule has 0 unspecified atom stereocenters. The van der Waals surface area contributed by atoms with Crippen molar-refractivity contribution >= 4 is 43.4 Å². The van der Waals surface area contributed by atoms with Crippen LogP contribution < -0.4 is 15.4 Å². The van der Waals surface area contributed by atoms with Crippen LogP contribution in [0.15, 0.2) is 64.1 Å². The molecule has 1 heterocycles. The summed E-state index contributed by atoms with van der Waals surface area (Å²) in [5.41, 5.74) is 1.12. The van der Waals surface area contributed by atoms with Gasteiger partial charge in [-0.2, -0.15) is 4.98 Å². The summed E-state index contributed by atoms with van der Waals surface area (Å²) in [4.78, 5) is 8.58. The standard InChI is InChI=1S/C20H21BrFN5O3S/c1-13(12-28)25-19-18(21)11-23-20(27-19)26-16-3-2-4-17(9-16)31(29,30)24-10-14-5-7-15(22)8-6-14/h2-9,11,13,24,28H,10,12H2,1H3,(H2,23,25,26,27)/t13-/m1/s1. The first-order valence-electron chi connectivity index (χ1n) is 9.28. The van der Waals surface area contributed by atoms with Crippen LogP contribution in [-0.2, 0) is 16.6 Å². The van der Waals surface area contributed by atoms with Gasteiger partial charge in [-0.25, -0.2) is 22.5 Å². The van der Waals surface area contributed by atoms with Gasteiger partial charge in [0.2, 0.25) is 16.0 Å². The Kier molecular flexibility index (Phi) is 7.55. The predicted molar refractivity (Wildman–Crippen MR) is 120 cm³/mol. The molecule has 3 aromatic rings. The highest BCUT2D eigenvalue weighted by Crippen LogP contribution is 2.23. The van der Waals surface area contributed by atoms with Crippen LogP contribution in [0.1, 0.15) is 12.5 Å². The van der Waals surface area contributed by atoms with Crippen LogP contribution in [0.2, 0.25) is 0 Å². The van der Waals surface area contributed by atoms with Gasteiger partial charge in [0.25, 0.3) is 0 Å². The lowest BCUT2D eigenvalue weighted by Gasteiger charge is -2.14. The quantitative estimate of drug-likeness (QED) is 0.349. The molecule has 0 aliphatic rings. The van der Waals surface area contributed by atoms with E-state index in [9.17, 15) is 17.9 Å². The number of aliphatic hydroxyl groups is 1. The highest BCUT2D eigenvalue weighted by molar-refractivity contribution is 9.10. The number of anilines is 3. The van der Waals surface area contributed by atoms with Crippen molar-refractivity contribution in [3.8, 4) is 0 Å². The molecule has 11 heteroatoms. The van der Waals surface area contributed by atoms with Gasteiger partial charge in [0, 0.05) is 24.5 Å². The Morgan fingerprint density at radius 2 is 1.94 bits per heavy atom. The Bertz CT molecular complexity index is 1150. The number of rotatable bonds is 9. The van der Waals surface area contributed by atoms with E-state index in [1.54, 1.807) is 25.3 Å². The SMILES string of the molecule is C[C@H](CO)Nc1nc(Nc2cccc(S(=O)(=O)NCc3ccc(F)cc3)c2)ncc1Br. The van der Waals surface area contributed by atoms with Crippen LogP contribution in [0.4, 0.5) is 21.8 Å². The molecule has 0 fully saturated rings. The summed E-state index contributed by atoms with van der Waals surface area (Å²) in [5.74, 6) is 0.359. The number of sulfonamides is 1. The average Bonchev–Trinajstić information content (AvgIpc) is 2.76. The molecule has 0 aliphatic heterocycles.